The quantitative estimate of drug-likeness (QED) is 0.536. The highest BCUT2D eigenvalue weighted by molar-refractivity contribution is 5.99. The standard InChI is InChI=1S/C26H34N4O6/c1-17(2)11-22(30-15-20(13-24(30)31)35-19-8-6-7-18(12-19)33-5)25(32)27-23-9-10-29(28-23)14-21-16-34-26(3,4)36-21/h6-10,12-13,17,21-22H,11,14-16H2,1-5H3,(H,27,28,32)/t21-,22+/m1/s1. The zero-order chi connectivity index (χ0) is 25.9. The Morgan fingerprint density at radius 3 is 2.75 bits per heavy atom. The molecule has 36 heavy (non-hydrogen) atoms. The van der Waals surface area contributed by atoms with Crippen LogP contribution in [0.25, 0.3) is 0 Å². The van der Waals surface area contributed by atoms with E-state index in [4.69, 9.17) is 18.9 Å². The zero-order valence-electron chi connectivity index (χ0n) is 21.4. The Morgan fingerprint density at radius 2 is 2.06 bits per heavy atom. The summed E-state index contributed by atoms with van der Waals surface area (Å²) in [5.41, 5.74) is 0. The third kappa shape index (κ3) is 6.44. The van der Waals surface area contributed by atoms with Crippen molar-refractivity contribution in [2.45, 2.75) is 58.6 Å². The van der Waals surface area contributed by atoms with Crippen LogP contribution in [0.5, 0.6) is 11.5 Å². The van der Waals surface area contributed by atoms with Crippen LogP contribution in [0.1, 0.15) is 34.1 Å². The average molecular weight is 499 g/mol. The topological polar surface area (TPSA) is 104 Å². The van der Waals surface area contributed by atoms with Gasteiger partial charge in [-0.15, -0.1) is 0 Å². The maximum absolute atomic E-state index is 13.3. The summed E-state index contributed by atoms with van der Waals surface area (Å²) >= 11 is 0. The minimum atomic E-state index is -0.669. The summed E-state index contributed by atoms with van der Waals surface area (Å²) in [4.78, 5) is 27.7. The van der Waals surface area contributed by atoms with Gasteiger partial charge in [-0.05, 0) is 38.3 Å². The van der Waals surface area contributed by atoms with Gasteiger partial charge in [-0.3, -0.25) is 14.3 Å². The molecular formula is C26H34N4O6. The van der Waals surface area contributed by atoms with Crippen molar-refractivity contribution in [3.8, 4) is 11.5 Å². The molecule has 2 aromatic rings. The summed E-state index contributed by atoms with van der Waals surface area (Å²) in [6, 6.07) is 8.21. The molecular weight excluding hydrogens is 464 g/mol. The molecule has 2 aliphatic heterocycles. The van der Waals surface area contributed by atoms with E-state index in [0.717, 1.165) is 0 Å². The maximum Gasteiger partial charge on any atom is 0.251 e. The second-order valence-corrected chi connectivity index (χ2v) is 9.87. The summed E-state index contributed by atoms with van der Waals surface area (Å²) in [5.74, 6) is 1.13. The van der Waals surface area contributed by atoms with Gasteiger partial charge in [0.25, 0.3) is 5.91 Å². The van der Waals surface area contributed by atoms with Crippen LogP contribution in [0.4, 0.5) is 5.82 Å². The number of carbonyl (C=O) groups is 2. The van der Waals surface area contributed by atoms with Crippen molar-refractivity contribution in [1.82, 2.24) is 14.7 Å². The molecule has 4 rings (SSSR count). The Labute approximate surface area is 211 Å². The number of nitrogens with one attached hydrogen (secondary N) is 1. The van der Waals surface area contributed by atoms with Crippen molar-refractivity contribution in [3.05, 3.63) is 48.4 Å². The van der Waals surface area contributed by atoms with Crippen LogP contribution in [0.2, 0.25) is 0 Å². The number of aromatic nitrogens is 2. The molecule has 2 amide bonds. The van der Waals surface area contributed by atoms with E-state index in [9.17, 15) is 9.59 Å². The number of hydrogen-bond acceptors (Lipinski definition) is 7. The average Bonchev–Trinajstić information content (AvgIpc) is 3.50. The summed E-state index contributed by atoms with van der Waals surface area (Å²) < 4.78 is 24.3. The lowest BCUT2D eigenvalue weighted by atomic mass is 10.0. The van der Waals surface area contributed by atoms with Crippen LogP contribution in [-0.4, -0.2) is 64.7 Å². The molecule has 0 bridgehead atoms. The fraction of sp³-hybridized carbons (Fsp3) is 0.500. The van der Waals surface area contributed by atoms with Gasteiger partial charge in [-0.25, -0.2) is 0 Å². The van der Waals surface area contributed by atoms with Gasteiger partial charge < -0.3 is 29.2 Å². The number of nitrogens with zero attached hydrogens (tertiary/aromatic N) is 3. The lowest BCUT2D eigenvalue weighted by Crippen LogP contribution is -2.46. The lowest BCUT2D eigenvalue weighted by Gasteiger charge is -2.28. The highest BCUT2D eigenvalue weighted by Gasteiger charge is 2.35. The normalized spacial score (nSPS) is 19.9. The smallest absolute Gasteiger partial charge is 0.251 e. The van der Waals surface area contributed by atoms with Crippen LogP contribution in [0, 0.1) is 5.92 Å². The summed E-state index contributed by atoms with van der Waals surface area (Å²) in [5, 5.41) is 7.32. The number of rotatable bonds is 10. The number of anilines is 1. The molecule has 3 heterocycles. The van der Waals surface area contributed by atoms with Crippen LogP contribution in [0.15, 0.2) is 48.4 Å². The highest BCUT2D eigenvalue weighted by atomic mass is 16.7. The third-order valence-electron chi connectivity index (χ3n) is 5.91. The van der Waals surface area contributed by atoms with Gasteiger partial charge in [-0.2, -0.15) is 5.10 Å². The van der Waals surface area contributed by atoms with Gasteiger partial charge in [0.1, 0.15) is 29.4 Å². The number of amides is 2. The van der Waals surface area contributed by atoms with Gasteiger partial charge in [0, 0.05) is 24.4 Å². The fourth-order valence-corrected chi connectivity index (χ4v) is 4.28. The van der Waals surface area contributed by atoms with E-state index in [1.807, 2.05) is 39.8 Å². The Hall–Kier alpha value is -3.37. The molecule has 1 fully saturated rings. The first-order chi connectivity index (χ1) is 17.1. The Kier molecular flexibility index (Phi) is 7.65. The van der Waals surface area contributed by atoms with E-state index in [2.05, 4.69) is 10.4 Å². The summed E-state index contributed by atoms with van der Waals surface area (Å²) in [6.07, 6.45) is 3.60. The van der Waals surface area contributed by atoms with Gasteiger partial charge in [0.2, 0.25) is 5.91 Å². The molecule has 0 saturated carbocycles. The Bertz CT molecular complexity index is 1130. The molecule has 0 aliphatic carbocycles. The van der Waals surface area contributed by atoms with Crippen molar-refractivity contribution in [2.75, 3.05) is 25.6 Å². The molecule has 10 nitrogen and oxygen atoms in total. The predicted octanol–water partition coefficient (Wildman–Crippen LogP) is 3.20. The first-order valence-electron chi connectivity index (χ1n) is 12.1. The molecule has 194 valence electrons. The lowest BCUT2D eigenvalue weighted by molar-refractivity contribution is -0.139. The monoisotopic (exact) mass is 498 g/mol. The fourth-order valence-electron chi connectivity index (χ4n) is 4.28. The molecule has 2 aliphatic rings. The van der Waals surface area contributed by atoms with E-state index < -0.39 is 11.8 Å². The van der Waals surface area contributed by atoms with Crippen LogP contribution in [-0.2, 0) is 25.6 Å². The highest BCUT2D eigenvalue weighted by Crippen LogP contribution is 2.26. The van der Waals surface area contributed by atoms with Crippen molar-refractivity contribution < 1.29 is 28.5 Å². The zero-order valence-corrected chi connectivity index (χ0v) is 21.4. The molecule has 2 atom stereocenters. The largest absolute Gasteiger partial charge is 0.497 e. The van der Waals surface area contributed by atoms with Gasteiger partial charge >= 0.3 is 0 Å². The number of ether oxygens (including phenoxy) is 4. The first-order valence-corrected chi connectivity index (χ1v) is 12.1. The van der Waals surface area contributed by atoms with Crippen LogP contribution >= 0.6 is 0 Å². The molecule has 0 spiro atoms. The molecule has 10 heteroatoms. The molecule has 1 N–H and O–H groups in total. The molecule has 0 radical (unpaired) electrons. The second kappa shape index (κ2) is 10.7. The third-order valence-corrected chi connectivity index (χ3v) is 5.91. The first kappa shape index (κ1) is 25.7. The molecule has 0 unspecified atom stereocenters. The summed E-state index contributed by atoms with van der Waals surface area (Å²) in [7, 11) is 1.58. The summed E-state index contributed by atoms with van der Waals surface area (Å²) in [6.45, 7) is 8.97. The van der Waals surface area contributed by atoms with Crippen molar-refractivity contribution in [2.24, 2.45) is 5.92 Å². The number of benzene rings is 1. The molecule has 1 saturated heterocycles. The SMILES string of the molecule is COc1cccc(OC2=CC(=O)N([C@@H](CC(C)C)C(=O)Nc3ccn(C[C@@H]4COC(C)(C)O4)n3)C2)c1. The van der Waals surface area contributed by atoms with E-state index >= 15 is 0 Å². The van der Waals surface area contributed by atoms with Gasteiger partial charge in [0.05, 0.1) is 26.8 Å². The van der Waals surface area contributed by atoms with Gasteiger partial charge in [0.15, 0.2) is 11.6 Å². The van der Waals surface area contributed by atoms with Crippen molar-refractivity contribution in [3.63, 3.8) is 0 Å². The minimum absolute atomic E-state index is 0.117. The Morgan fingerprint density at radius 1 is 1.28 bits per heavy atom. The number of carbonyl (C=O) groups excluding carboxylic acids is 2. The van der Waals surface area contributed by atoms with E-state index in [-0.39, 0.29) is 30.4 Å². The van der Waals surface area contributed by atoms with Crippen LogP contribution in [0.3, 0.4) is 0 Å². The number of hydrogen-bond donors (Lipinski definition) is 1. The van der Waals surface area contributed by atoms with Crippen LogP contribution < -0.4 is 14.8 Å². The molecule has 1 aromatic heterocycles. The van der Waals surface area contributed by atoms with E-state index in [1.54, 1.807) is 36.2 Å². The van der Waals surface area contributed by atoms with E-state index in [1.165, 1.54) is 11.0 Å². The maximum atomic E-state index is 13.3. The number of methoxy groups -OCH3 is 1. The predicted molar refractivity (Wildman–Crippen MR) is 132 cm³/mol. The Balaban J connectivity index is 1.39. The minimum Gasteiger partial charge on any atom is -0.497 e. The van der Waals surface area contributed by atoms with E-state index in [0.29, 0.717) is 42.6 Å². The van der Waals surface area contributed by atoms with Gasteiger partial charge in [-0.1, -0.05) is 19.9 Å². The second-order valence-electron chi connectivity index (χ2n) is 9.87. The molecule has 1 aromatic carbocycles. The van der Waals surface area contributed by atoms with Crippen molar-refractivity contribution in [1.29, 1.82) is 0 Å². The van der Waals surface area contributed by atoms with Crippen molar-refractivity contribution >= 4 is 17.6 Å².